The van der Waals surface area contributed by atoms with Crippen LogP contribution in [0.15, 0.2) is 18.2 Å². The molecular weight excluding hydrogens is 304 g/mol. The highest BCUT2D eigenvalue weighted by molar-refractivity contribution is 5.99. The van der Waals surface area contributed by atoms with Crippen molar-refractivity contribution in [2.45, 2.75) is 40.5 Å². The Labute approximate surface area is 144 Å². The molecule has 1 aromatic rings. The van der Waals surface area contributed by atoms with Gasteiger partial charge in [-0.05, 0) is 39.3 Å². The van der Waals surface area contributed by atoms with Crippen LogP contribution in [0.2, 0.25) is 0 Å². The second-order valence-corrected chi connectivity index (χ2v) is 6.06. The first kappa shape index (κ1) is 19.9. The summed E-state index contributed by atoms with van der Waals surface area (Å²) in [6.45, 7) is 8.96. The first-order valence-electron chi connectivity index (χ1n) is 8.42. The summed E-state index contributed by atoms with van der Waals surface area (Å²) in [5.74, 6) is -0.293. The van der Waals surface area contributed by atoms with Crippen molar-refractivity contribution in [3.8, 4) is 0 Å². The Kier molecular flexibility index (Phi) is 7.62. The Morgan fingerprint density at radius 2 is 1.58 bits per heavy atom. The van der Waals surface area contributed by atoms with Gasteiger partial charge in [-0.25, -0.2) is 0 Å². The number of ketones is 1. The molecule has 0 radical (unpaired) electrons. The molecule has 5 nitrogen and oxygen atoms in total. The van der Waals surface area contributed by atoms with Crippen LogP contribution in [0, 0.1) is 13.8 Å². The fourth-order valence-electron chi connectivity index (χ4n) is 2.55. The van der Waals surface area contributed by atoms with Gasteiger partial charge in [-0.2, -0.15) is 0 Å². The molecule has 0 unspecified atom stereocenters. The zero-order valence-corrected chi connectivity index (χ0v) is 15.4. The average molecular weight is 332 g/mol. The van der Waals surface area contributed by atoms with Gasteiger partial charge in [0.25, 0.3) is 0 Å². The highest BCUT2D eigenvalue weighted by Gasteiger charge is 2.18. The molecule has 132 valence electrons. The molecule has 0 aromatic heterocycles. The van der Waals surface area contributed by atoms with Crippen LogP contribution >= 0.6 is 0 Å². The van der Waals surface area contributed by atoms with Crippen molar-refractivity contribution in [3.63, 3.8) is 0 Å². The van der Waals surface area contributed by atoms with Gasteiger partial charge < -0.3 is 9.80 Å². The van der Waals surface area contributed by atoms with E-state index in [4.69, 9.17) is 0 Å². The molecule has 0 fully saturated rings. The van der Waals surface area contributed by atoms with Crippen molar-refractivity contribution < 1.29 is 14.4 Å². The fourth-order valence-corrected chi connectivity index (χ4v) is 2.55. The summed E-state index contributed by atoms with van der Waals surface area (Å²) in [6.07, 6.45) is 0.279. The minimum atomic E-state index is -0.186. The van der Waals surface area contributed by atoms with Crippen molar-refractivity contribution >= 4 is 17.6 Å². The molecule has 2 amide bonds. The highest BCUT2D eigenvalue weighted by atomic mass is 16.2. The van der Waals surface area contributed by atoms with Crippen LogP contribution in [0.25, 0.3) is 0 Å². The maximum Gasteiger partial charge on any atom is 0.242 e. The zero-order chi connectivity index (χ0) is 18.3. The lowest BCUT2D eigenvalue weighted by Gasteiger charge is -2.23. The van der Waals surface area contributed by atoms with Gasteiger partial charge in [-0.3, -0.25) is 14.4 Å². The van der Waals surface area contributed by atoms with E-state index in [2.05, 4.69) is 0 Å². The van der Waals surface area contributed by atoms with E-state index in [1.165, 1.54) is 4.90 Å². The topological polar surface area (TPSA) is 57.7 Å². The number of hydrogen-bond acceptors (Lipinski definition) is 3. The molecule has 0 saturated heterocycles. The van der Waals surface area contributed by atoms with E-state index in [-0.39, 0.29) is 37.0 Å². The monoisotopic (exact) mass is 332 g/mol. The molecule has 0 aliphatic rings. The number of aryl methyl sites for hydroxylation is 2. The molecule has 5 heteroatoms. The molecule has 1 rings (SSSR count). The second-order valence-electron chi connectivity index (χ2n) is 6.06. The molecule has 0 aliphatic heterocycles. The Hall–Kier alpha value is -2.17. The Morgan fingerprint density at radius 1 is 0.958 bits per heavy atom. The minimum Gasteiger partial charge on any atom is -0.342 e. The number of carbonyl (C=O) groups excluding carboxylic acids is 3. The molecule has 0 spiro atoms. The summed E-state index contributed by atoms with van der Waals surface area (Å²) >= 11 is 0. The van der Waals surface area contributed by atoms with E-state index in [1.54, 1.807) is 11.9 Å². The minimum absolute atomic E-state index is 0.0342. The number of hydrogen-bond donors (Lipinski definition) is 0. The van der Waals surface area contributed by atoms with Crippen LogP contribution in [-0.2, 0) is 9.59 Å². The number of likely N-dealkylation sites (N-methyl/N-ethyl adjacent to an activating group) is 2. The van der Waals surface area contributed by atoms with Crippen LogP contribution in [-0.4, -0.2) is 54.1 Å². The van der Waals surface area contributed by atoms with Gasteiger partial charge >= 0.3 is 0 Å². The lowest BCUT2D eigenvalue weighted by atomic mass is 9.99. The predicted octanol–water partition coefficient (Wildman–Crippen LogP) is 2.59. The predicted molar refractivity (Wildman–Crippen MR) is 95.0 cm³/mol. The summed E-state index contributed by atoms with van der Waals surface area (Å²) in [6, 6.07) is 5.74. The third kappa shape index (κ3) is 5.48. The van der Waals surface area contributed by atoms with Crippen LogP contribution in [0.3, 0.4) is 0 Å². The van der Waals surface area contributed by atoms with Gasteiger partial charge in [0.1, 0.15) is 0 Å². The highest BCUT2D eigenvalue weighted by Crippen LogP contribution is 2.14. The summed E-state index contributed by atoms with van der Waals surface area (Å²) in [5, 5.41) is 0. The van der Waals surface area contributed by atoms with E-state index >= 15 is 0 Å². The smallest absolute Gasteiger partial charge is 0.242 e. The van der Waals surface area contributed by atoms with Crippen LogP contribution in [0.1, 0.15) is 48.2 Å². The third-order valence-corrected chi connectivity index (χ3v) is 4.17. The quantitative estimate of drug-likeness (QED) is 0.688. The standard InChI is InChI=1S/C19H28N2O3/c1-6-21(7-2)19(24)13-20(5)18(23)11-10-17(22)16-12-14(3)8-9-15(16)4/h8-9,12H,6-7,10-11,13H2,1-5H3. The number of amides is 2. The molecule has 0 heterocycles. The maximum absolute atomic E-state index is 12.3. The number of Topliss-reactive ketones (excluding diaryl/α,β-unsaturated/α-hetero) is 1. The van der Waals surface area contributed by atoms with Gasteiger partial charge in [0.15, 0.2) is 5.78 Å². The van der Waals surface area contributed by atoms with Crippen LogP contribution in [0.4, 0.5) is 0 Å². The van der Waals surface area contributed by atoms with Crippen molar-refractivity contribution in [1.82, 2.24) is 9.80 Å². The van der Waals surface area contributed by atoms with Gasteiger partial charge in [0.05, 0.1) is 6.54 Å². The number of benzene rings is 1. The summed E-state index contributed by atoms with van der Waals surface area (Å²) in [5.41, 5.74) is 2.62. The molecule has 24 heavy (non-hydrogen) atoms. The summed E-state index contributed by atoms with van der Waals surface area (Å²) < 4.78 is 0. The number of rotatable bonds is 8. The van der Waals surface area contributed by atoms with Gasteiger partial charge in [0.2, 0.25) is 11.8 Å². The fraction of sp³-hybridized carbons (Fsp3) is 0.526. The maximum atomic E-state index is 12.3. The van der Waals surface area contributed by atoms with E-state index in [9.17, 15) is 14.4 Å². The number of carbonyl (C=O) groups is 3. The Balaban J connectivity index is 2.57. The molecule has 1 aromatic carbocycles. The van der Waals surface area contributed by atoms with E-state index in [0.717, 1.165) is 11.1 Å². The van der Waals surface area contributed by atoms with E-state index in [1.807, 2.05) is 45.9 Å². The van der Waals surface area contributed by atoms with Crippen LogP contribution in [0.5, 0.6) is 0 Å². The largest absolute Gasteiger partial charge is 0.342 e. The van der Waals surface area contributed by atoms with Gasteiger partial charge in [-0.1, -0.05) is 17.7 Å². The van der Waals surface area contributed by atoms with Gasteiger partial charge in [0, 0.05) is 38.5 Å². The van der Waals surface area contributed by atoms with Crippen molar-refractivity contribution in [2.24, 2.45) is 0 Å². The van der Waals surface area contributed by atoms with Crippen molar-refractivity contribution in [3.05, 3.63) is 34.9 Å². The average Bonchev–Trinajstić information content (AvgIpc) is 2.55. The lowest BCUT2D eigenvalue weighted by Crippen LogP contribution is -2.41. The second kappa shape index (κ2) is 9.21. The SMILES string of the molecule is CCN(CC)C(=O)CN(C)C(=O)CCC(=O)c1cc(C)ccc1C. The van der Waals surface area contributed by atoms with Crippen molar-refractivity contribution in [1.29, 1.82) is 0 Å². The normalized spacial score (nSPS) is 10.4. The first-order chi connectivity index (χ1) is 11.3. The zero-order valence-electron chi connectivity index (χ0n) is 15.4. The van der Waals surface area contributed by atoms with E-state index in [0.29, 0.717) is 18.7 Å². The van der Waals surface area contributed by atoms with Gasteiger partial charge in [-0.15, -0.1) is 0 Å². The van der Waals surface area contributed by atoms with Crippen LogP contribution < -0.4 is 0 Å². The molecule has 0 aliphatic carbocycles. The van der Waals surface area contributed by atoms with E-state index < -0.39 is 0 Å². The summed E-state index contributed by atoms with van der Waals surface area (Å²) in [7, 11) is 1.60. The molecule has 0 atom stereocenters. The molecule has 0 bridgehead atoms. The lowest BCUT2D eigenvalue weighted by molar-refractivity contribution is -0.139. The summed E-state index contributed by atoms with van der Waals surface area (Å²) in [4.78, 5) is 39.6. The first-order valence-corrected chi connectivity index (χ1v) is 8.42. The molecular formula is C19H28N2O3. The molecule has 0 N–H and O–H groups in total. The Morgan fingerprint density at radius 3 is 2.17 bits per heavy atom. The van der Waals surface area contributed by atoms with Crippen molar-refractivity contribution in [2.75, 3.05) is 26.7 Å². The number of nitrogens with zero attached hydrogens (tertiary/aromatic N) is 2. The Bertz CT molecular complexity index is 607. The third-order valence-electron chi connectivity index (χ3n) is 4.17. The molecule has 0 saturated carbocycles.